The van der Waals surface area contributed by atoms with Gasteiger partial charge in [-0.3, -0.25) is 9.59 Å². The summed E-state index contributed by atoms with van der Waals surface area (Å²) in [4.78, 5) is 26.4. The SMILES string of the molecule is CC(C)C1NC(=O)CC(C)N(CC2CCCCO2)C1=O. The quantitative estimate of drug-likeness (QED) is 0.849. The monoisotopic (exact) mass is 282 g/mol. The summed E-state index contributed by atoms with van der Waals surface area (Å²) in [7, 11) is 0. The Bertz CT molecular complexity index is 364. The van der Waals surface area contributed by atoms with E-state index in [1.54, 1.807) is 0 Å². The average Bonchev–Trinajstić information content (AvgIpc) is 2.51. The van der Waals surface area contributed by atoms with Gasteiger partial charge >= 0.3 is 0 Å². The molecular formula is C15H26N2O3. The van der Waals surface area contributed by atoms with Crippen LogP contribution in [0.15, 0.2) is 0 Å². The van der Waals surface area contributed by atoms with Crippen LogP contribution < -0.4 is 5.32 Å². The number of nitrogens with one attached hydrogen (secondary N) is 1. The highest BCUT2D eigenvalue weighted by Crippen LogP contribution is 2.20. The molecular weight excluding hydrogens is 256 g/mol. The van der Waals surface area contributed by atoms with E-state index < -0.39 is 6.04 Å². The number of nitrogens with zero attached hydrogens (tertiary/aromatic N) is 1. The molecule has 0 saturated carbocycles. The Labute approximate surface area is 121 Å². The van der Waals surface area contributed by atoms with Crippen molar-refractivity contribution >= 4 is 11.8 Å². The van der Waals surface area contributed by atoms with Gasteiger partial charge < -0.3 is 15.0 Å². The molecule has 20 heavy (non-hydrogen) atoms. The molecule has 0 aromatic heterocycles. The van der Waals surface area contributed by atoms with Crippen LogP contribution in [0.2, 0.25) is 0 Å². The zero-order valence-corrected chi connectivity index (χ0v) is 12.7. The summed E-state index contributed by atoms with van der Waals surface area (Å²) in [5.41, 5.74) is 0. The van der Waals surface area contributed by atoms with Gasteiger partial charge in [0.2, 0.25) is 11.8 Å². The van der Waals surface area contributed by atoms with E-state index in [0.29, 0.717) is 13.0 Å². The van der Waals surface area contributed by atoms with E-state index in [-0.39, 0.29) is 29.9 Å². The highest BCUT2D eigenvalue weighted by Gasteiger charge is 2.36. The number of carbonyl (C=O) groups is 2. The van der Waals surface area contributed by atoms with E-state index >= 15 is 0 Å². The fourth-order valence-corrected chi connectivity index (χ4v) is 2.96. The summed E-state index contributed by atoms with van der Waals surface area (Å²) < 4.78 is 5.74. The lowest BCUT2D eigenvalue weighted by Crippen LogP contribution is -2.51. The van der Waals surface area contributed by atoms with Crippen molar-refractivity contribution in [1.29, 1.82) is 0 Å². The molecule has 5 heteroatoms. The molecule has 2 aliphatic heterocycles. The summed E-state index contributed by atoms with van der Waals surface area (Å²) in [6.45, 7) is 7.27. The third kappa shape index (κ3) is 3.51. The maximum Gasteiger partial charge on any atom is 0.245 e. The standard InChI is InChI=1S/C15H26N2O3/c1-10(2)14-15(19)17(11(3)8-13(18)16-14)9-12-6-4-5-7-20-12/h10-12,14H,4-9H2,1-3H3,(H,16,18). The zero-order valence-electron chi connectivity index (χ0n) is 12.7. The van der Waals surface area contributed by atoms with Crippen LogP contribution in [-0.2, 0) is 14.3 Å². The molecule has 0 radical (unpaired) electrons. The van der Waals surface area contributed by atoms with E-state index in [2.05, 4.69) is 5.32 Å². The van der Waals surface area contributed by atoms with Crippen molar-refractivity contribution in [2.24, 2.45) is 5.92 Å². The largest absolute Gasteiger partial charge is 0.376 e. The predicted octanol–water partition coefficient (Wildman–Crippen LogP) is 1.32. The number of carbonyl (C=O) groups excluding carboxylic acids is 2. The molecule has 0 aliphatic carbocycles. The summed E-state index contributed by atoms with van der Waals surface area (Å²) in [6, 6.07) is -0.465. The van der Waals surface area contributed by atoms with Crippen molar-refractivity contribution in [3.05, 3.63) is 0 Å². The zero-order chi connectivity index (χ0) is 14.7. The topological polar surface area (TPSA) is 58.6 Å². The number of amides is 2. The highest BCUT2D eigenvalue weighted by molar-refractivity contribution is 5.90. The third-order valence-corrected chi connectivity index (χ3v) is 4.22. The molecule has 0 aromatic rings. The second-order valence-corrected chi connectivity index (χ2v) is 6.32. The Morgan fingerprint density at radius 1 is 1.35 bits per heavy atom. The molecule has 2 saturated heterocycles. The predicted molar refractivity (Wildman–Crippen MR) is 76.2 cm³/mol. The third-order valence-electron chi connectivity index (χ3n) is 4.22. The maximum absolute atomic E-state index is 12.7. The minimum atomic E-state index is -0.406. The van der Waals surface area contributed by atoms with E-state index in [4.69, 9.17) is 4.74 Å². The molecule has 2 amide bonds. The fourth-order valence-electron chi connectivity index (χ4n) is 2.96. The van der Waals surface area contributed by atoms with Crippen molar-refractivity contribution in [3.63, 3.8) is 0 Å². The first-order valence-corrected chi connectivity index (χ1v) is 7.70. The Kier molecular flexibility index (Phi) is 5.02. The van der Waals surface area contributed by atoms with E-state index in [1.165, 1.54) is 0 Å². The minimum absolute atomic E-state index is 0.0309. The molecule has 2 rings (SSSR count). The highest BCUT2D eigenvalue weighted by atomic mass is 16.5. The number of rotatable bonds is 3. The lowest BCUT2D eigenvalue weighted by atomic mass is 10.0. The van der Waals surface area contributed by atoms with Gasteiger partial charge in [0.05, 0.1) is 6.10 Å². The van der Waals surface area contributed by atoms with E-state index in [9.17, 15) is 9.59 Å². The van der Waals surface area contributed by atoms with Crippen molar-refractivity contribution in [2.45, 2.75) is 64.6 Å². The number of hydrogen-bond acceptors (Lipinski definition) is 3. The van der Waals surface area contributed by atoms with Crippen LogP contribution in [0, 0.1) is 5.92 Å². The summed E-state index contributed by atoms with van der Waals surface area (Å²) >= 11 is 0. The van der Waals surface area contributed by atoms with E-state index in [1.807, 2.05) is 25.7 Å². The lowest BCUT2D eigenvalue weighted by molar-refractivity contribution is -0.138. The van der Waals surface area contributed by atoms with Gasteiger partial charge in [-0.2, -0.15) is 0 Å². The van der Waals surface area contributed by atoms with Crippen LogP contribution in [0.5, 0.6) is 0 Å². The second-order valence-electron chi connectivity index (χ2n) is 6.32. The molecule has 2 fully saturated rings. The second kappa shape index (κ2) is 6.57. The summed E-state index contributed by atoms with van der Waals surface area (Å²) in [5, 5.41) is 2.85. The van der Waals surface area contributed by atoms with E-state index in [0.717, 1.165) is 25.9 Å². The van der Waals surface area contributed by atoms with Crippen molar-refractivity contribution in [3.8, 4) is 0 Å². The molecule has 0 aromatic carbocycles. The Morgan fingerprint density at radius 2 is 2.10 bits per heavy atom. The minimum Gasteiger partial charge on any atom is -0.376 e. The lowest BCUT2D eigenvalue weighted by Gasteiger charge is -2.34. The van der Waals surface area contributed by atoms with Gasteiger partial charge in [0.15, 0.2) is 0 Å². The maximum atomic E-state index is 12.7. The molecule has 114 valence electrons. The molecule has 0 bridgehead atoms. The van der Waals surface area contributed by atoms with Crippen molar-refractivity contribution in [2.75, 3.05) is 13.2 Å². The number of hydrogen-bond donors (Lipinski definition) is 1. The van der Waals surface area contributed by atoms with Crippen LogP contribution in [0.1, 0.15) is 46.5 Å². The van der Waals surface area contributed by atoms with Gasteiger partial charge in [-0.25, -0.2) is 0 Å². The van der Waals surface area contributed by atoms with Gasteiger partial charge in [0.1, 0.15) is 6.04 Å². The molecule has 2 heterocycles. The van der Waals surface area contributed by atoms with Crippen LogP contribution in [0.4, 0.5) is 0 Å². The molecule has 3 unspecified atom stereocenters. The first kappa shape index (κ1) is 15.3. The summed E-state index contributed by atoms with van der Waals surface area (Å²) in [5.74, 6) is 0.107. The first-order chi connectivity index (χ1) is 9.49. The molecule has 2 aliphatic rings. The van der Waals surface area contributed by atoms with Gasteiger partial charge in [0, 0.05) is 25.6 Å². The average molecular weight is 282 g/mol. The fraction of sp³-hybridized carbons (Fsp3) is 0.867. The van der Waals surface area contributed by atoms with Gasteiger partial charge in [-0.1, -0.05) is 13.8 Å². The number of ether oxygens (including phenoxy) is 1. The Morgan fingerprint density at radius 3 is 2.70 bits per heavy atom. The Hall–Kier alpha value is -1.10. The molecule has 5 nitrogen and oxygen atoms in total. The van der Waals surface area contributed by atoms with Crippen LogP contribution in [-0.4, -0.2) is 48.1 Å². The van der Waals surface area contributed by atoms with Crippen molar-refractivity contribution < 1.29 is 14.3 Å². The van der Waals surface area contributed by atoms with Crippen LogP contribution in [0.3, 0.4) is 0 Å². The van der Waals surface area contributed by atoms with Gasteiger partial charge in [-0.15, -0.1) is 0 Å². The smallest absolute Gasteiger partial charge is 0.245 e. The molecule has 0 spiro atoms. The first-order valence-electron chi connectivity index (χ1n) is 7.70. The van der Waals surface area contributed by atoms with Gasteiger partial charge in [0.25, 0.3) is 0 Å². The molecule has 1 N–H and O–H groups in total. The van der Waals surface area contributed by atoms with Crippen molar-refractivity contribution in [1.82, 2.24) is 10.2 Å². The van der Waals surface area contributed by atoms with Crippen LogP contribution >= 0.6 is 0 Å². The van der Waals surface area contributed by atoms with Gasteiger partial charge in [-0.05, 0) is 32.1 Å². The Balaban J connectivity index is 2.10. The summed E-state index contributed by atoms with van der Waals surface area (Å²) in [6.07, 6.45) is 3.77. The van der Waals surface area contributed by atoms with Crippen LogP contribution in [0.25, 0.3) is 0 Å². The molecule has 3 atom stereocenters. The normalized spacial score (nSPS) is 32.2.